The first-order valence-corrected chi connectivity index (χ1v) is 11.9. The third-order valence-electron chi connectivity index (χ3n) is 5.27. The summed E-state index contributed by atoms with van der Waals surface area (Å²) in [7, 11) is 0. The lowest BCUT2D eigenvalue weighted by Crippen LogP contribution is -2.45. The number of carbonyl (C=O) groups excluding carboxylic acids is 1. The van der Waals surface area contributed by atoms with E-state index in [2.05, 4.69) is 19.2 Å². The Morgan fingerprint density at radius 1 is 0.821 bits per heavy atom. The molecule has 0 aliphatic rings. The fraction of sp³-hybridized carbons (Fsp3) is 0.875. The van der Waals surface area contributed by atoms with Crippen LogP contribution in [0.1, 0.15) is 117 Å². The van der Waals surface area contributed by atoms with Gasteiger partial charge in [0, 0.05) is 6.42 Å². The van der Waals surface area contributed by atoms with Crippen LogP contribution in [-0.2, 0) is 4.79 Å². The lowest BCUT2D eigenvalue weighted by molar-refractivity contribution is -0.123. The van der Waals surface area contributed by atoms with Crippen LogP contribution in [0.4, 0.5) is 0 Å². The Bertz CT molecular complexity index is 371. The largest absolute Gasteiger partial charge is 0.394 e. The molecule has 4 nitrogen and oxygen atoms in total. The quantitative estimate of drug-likeness (QED) is 0.183. The zero-order valence-electron chi connectivity index (χ0n) is 18.6. The molecule has 0 radical (unpaired) electrons. The van der Waals surface area contributed by atoms with Crippen LogP contribution >= 0.6 is 0 Å². The maximum Gasteiger partial charge on any atom is 0.220 e. The van der Waals surface area contributed by atoms with E-state index >= 15 is 0 Å². The van der Waals surface area contributed by atoms with Gasteiger partial charge in [0.15, 0.2) is 0 Å². The summed E-state index contributed by atoms with van der Waals surface area (Å²) in [5.74, 6) is -0.0786. The summed E-state index contributed by atoms with van der Waals surface area (Å²) in [6.45, 7) is 4.19. The smallest absolute Gasteiger partial charge is 0.220 e. The van der Waals surface area contributed by atoms with Gasteiger partial charge in [-0.1, -0.05) is 103 Å². The Morgan fingerprint density at radius 3 is 1.86 bits per heavy atom. The van der Waals surface area contributed by atoms with E-state index in [0.717, 1.165) is 25.7 Å². The highest BCUT2D eigenvalue weighted by Crippen LogP contribution is 2.10. The van der Waals surface area contributed by atoms with E-state index in [0.29, 0.717) is 6.42 Å². The Morgan fingerprint density at radius 2 is 1.32 bits per heavy atom. The molecule has 0 aliphatic heterocycles. The van der Waals surface area contributed by atoms with Crippen LogP contribution in [0.2, 0.25) is 0 Å². The van der Waals surface area contributed by atoms with Crippen LogP contribution in [0, 0.1) is 0 Å². The van der Waals surface area contributed by atoms with Crippen LogP contribution in [0.15, 0.2) is 12.2 Å². The summed E-state index contributed by atoms with van der Waals surface area (Å²) < 4.78 is 0. The van der Waals surface area contributed by atoms with Gasteiger partial charge in [0.25, 0.3) is 0 Å². The molecular formula is C24H47NO3. The van der Waals surface area contributed by atoms with Gasteiger partial charge in [0.1, 0.15) is 0 Å². The number of unbranched alkanes of at least 4 members (excludes halogenated alkanes) is 13. The molecule has 28 heavy (non-hydrogen) atoms. The topological polar surface area (TPSA) is 69.6 Å². The highest BCUT2D eigenvalue weighted by molar-refractivity contribution is 5.76. The molecule has 0 spiro atoms. The van der Waals surface area contributed by atoms with E-state index in [1.807, 2.05) is 6.08 Å². The molecular weight excluding hydrogens is 350 g/mol. The Hall–Kier alpha value is -0.870. The highest BCUT2D eigenvalue weighted by Gasteiger charge is 2.17. The van der Waals surface area contributed by atoms with Crippen LogP contribution in [0.25, 0.3) is 0 Å². The van der Waals surface area contributed by atoms with Gasteiger partial charge in [0.2, 0.25) is 5.91 Å². The average Bonchev–Trinajstić information content (AvgIpc) is 2.70. The van der Waals surface area contributed by atoms with Gasteiger partial charge in [-0.3, -0.25) is 4.79 Å². The van der Waals surface area contributed by atoms with Crippen LogP contribution < -0.4 is 5.32 Å². The fourth-order valence-electron chi connectivity index (χ4n) is 3.35. The van der Waals surface area contributed by atoms with Crippen molar-refractivity contribution in [3.8, 4) is 0 Å². The van der Waals surface area contributed by atoms with E-state index in [4.69, 9.17) is 0 Å². The monoisotopic (exact) mass is 397 g/mol. The summed E-state index contributed by atoms with van der Waals surface area (Å²) in [6, 6.07) is -0.609. The molecule has 0 aromatic carbocycles. The number of hydrogen-bond acceptors (Lipinski definition) is 3. The maximum absolute atomic E-state index is 12.0. The minimum absolute atomic E-state index is 0.0786. The second kappa shape index (κ2) is 20.9. The zero-order valence-corrected chi connectivity index (χ0v) is 18.6. The molecule has 1 amide bonds. The van der Waals surface area contributed by atoms with Gasteiger partial charge >= 0.3 is 0 Å². The Labute approximate surface area is 174 Å². The fourth-order valence-corrected chi connectivity index (χ4v) is 3.35. The first-order chi connectivity index (χ1) is 13.7. The molecule has 0 heterocycles. The van der Waals surface area contributed by atoms with E-state index < -0.39 is 12.1 Å². The number of aliphatic hydroxyl groups is 2. The number of aliphatic hydroxyl groups excluding tert-OH is 2. The number of rotatable bonds is 20. The SMILES string of the molecule is CCCCCCCCCC/C=C/C(O)C(CO)NC(=O)CCCCCCCC. The molecule has 4 heteroatoms. The summed E-state index contributed by atoms with van der Waals surface area (Å²) in [5, 5.41) is 22.4. The first-order valence-electron chi connectivity index (χ1n) is 11.9. The van der Waals surface area contributed by atoms with Gasteiger partial charge in [-0.05, 0) is 19.3 Å². The van der Waals surface area contributed by atoms with Crippen molar-refractivity contribution in [2.45, 2.75) is 129 Å². The van der Waals surface area contributed by atoms with Crippen molar-refractivity contribution in [1.82, 2.24) is 5.32 Å². The van der Waals surface area contributed by atoms with Crippen molar-refractivity contribution in [3.63, 3.8) is 0 Å². The normalized spacial score (nSPS) is 13.7. The molecule has 3 N–H and O–H groups in total. The predicted molar refractivity (Wildman–Crippen MR) is 119 cm³/mol. The molecule has 0 rings (SSSR count). The molecule has 0 aromatic rings. The number of nitrogens with one attached hydrogen (secondary N) is 1. The van der Waals surface area contributed by atoms with Crippen molar-refractivity contribution < 1.29 is 15.0 Å². The van der Waals surface area contributed by atoms with Crippen LogP contribution in [0.3, 0.4) is 0 Å². The van der Waals surface area contributed by atoms with E-state index in [1.54, 1.807) is 6.08 Å². The number of hydrogen-bond donors (Lipinski definition) is 3. The Kier molecular flexibility index (Phi) is 20.2. The van der Waals surface area contributed by atoms with Crippen LogP contribution in [0.5, 0.6) is 0 Å². The molecule has 0 saturated carbocycles. The minimum atomic E-state index is -0.826. The second-order valence-electron chi connectivity index (χ2n) is 8.06. The molecule has 0 aromatic heterocycles. The molecule has 2 unspecified atom stereocenters. The van der Waals surface area contributed by atoms with Gasteiger partial charge in [-0.25, -0.2) is 0 Å². The van der Waals surface area contributed by atoms with E-state index in [-0.39, 0.29) is 12.5 Å². The molecule has 0 fully saturated rings. The highest BCUT2D eigenvalue weighted by atomic mass is 16.3. The number of carbonyl (C=O) groups is 1. The third kappa shape index (κ3) is 17.2. The van der Waals surface area contributed by atoms with E-state index in [9.17, 15) is 15.0 Å². The minimum Gasteiger partial charge on any atom is -0.394 e. The third-order valence-corrected chi connectivity index (χ3v) is 5.27. The summed E-state index contributed by atoms with van der Waals surface area (Å²) in [4.78, 5) is 12.0. The molecule has 166 valence electrons. The Balaban J connectivity index is 3.79. The van der Waals surface area contributed by atoms with Gasteiger partial charge in [0.05, 0.1) is 18.8 Å². The second-order valence-corrected chi connectivity index (χ2v) is 8.06. The lowest BCUT2D eigenvalue weighted by atomic mass is 10.1. The predicted octanol–water partition coefficient (Wildman–Crippen LogP) is 5.66. The standard InChI is InChI=1S/C24H47NO3/c1-3-5-7-9-11-12-13-14-15-17-19-23(27)22(21-26)25-24(28)20-18-16-10-8-6-4-2/h17,19,22-23,26-27H,3-16,18,20-21H2,1-2H3,(H,25,28)/b19-17+. The average molecular weight is 398 g/mol. The number of allylic oxidation sites excluding steroid dienone is 1. The van der Waals surface area contributed by atoms with Crippen molar-refractivity contribution in [1.29, 1.82) is 0 Å². The molecule has 0 saturated heterocycles. The zero-order chi connectivity index (χ0) is 20.9. The summed E-state index contributed by atoms with van der Waals surface area (Å²) >= 11 is 0. The van der Waals surface area contributed by atoms with Crippen molar-refractivity contribution in [2.24, 2.45) is 0 Å². The summed E-state index contributed by atoms with van der Waals surface area (Å²) in [5.41, 5.74) is 0. The molecule has 0 bridgehead atoms. The maximum atomic E-state index is 12.0. The van der Waals surface area contributed by atoms with Crippen molar-refractivity contribution >= 4 is 5.91 Å². The molecule has 0 aliphatic carbocycles. The van der Waals surface area contributed by atoms with Crippen LogP contribution in [-0.4, -0.2) is 34.9 Å². The van der Waals surface area contributed by atoms with Gasteiger partial charge in [-0.2, -0.15) is 0 Å². The first kappa shape index (κ1) is 27.1. The summed E-state index contributed by atoms with van der Waals surface area (Å²) in [6.07, 6.45) is 21.4. The van der Waals surface area contributed by atoms with E-state index in [1.165, 1.54) is 70.6 Å². The lowest BCUT2D eigenvalue weighted by Gasteiger charge is -2.20. The number of amides is 1. The van der Waals surface area contributed by atoms with Gasteiger partial charge in [-0.15, -0.1) is 0 Å². The van der Waals surface area contributed by atoms with Crippen molar-refractivity contribution in [2.75, 3.05) is 6.61 Å². The molecule has 2 atom stereocenters. The van der Waals surface area contributed by atoms with Crippen molar-refractivity contribution in [3.05, 3.63) is 12.2 Å². The van der Waals surface area contributed by atoms with Gasteiger partial charge < -0.3 is 15.5 Å².